The van der Waals surface area contributed by atoms with Crippen molar-refractivity contribution in [2.45, 2.75) is 107 Å². The van der Waals surface area contributed by atoms with Crippen LogP contribution in [0.3, 0.4) is 0 Å². The van der Waals surface area contributed by atoms with Crippen LogP contribution in [0.1, 0.15) is 81.8 Å². The number of anilines is 1. The first-order valence-electron chi connectivity index (χ1n) is 21.6. The molecule has 2 aliphatic carbocycles. The van der Waals surface area contributed by atoms with Crippen molar-refractivity contribution in [2.24, 2.45) is 5.92 Å². The first kappa shape index (κ1) is 44.1. The number of rotatable bonds is 13. The van der Waals surface area contributed by atoms with Crippen molar-refractivity contribution in [1.82, 2.24) is 30.6 Å². The fraction of sp³-hybridized carbons (Fsp3) is 0.500. The van der Waals surface area contributed by atoms with Crippen LogP contribution in [0.2, 0.25) is 0 Å². The van der Waals surface area contributed by atoms with Gasteiger partial charge in [-0.15, -0.1) is 0 Å². The van der Waals surface area contributed by atoms with Crippen LogP contribution in [0.4, 0.5) is 19.3 Å². The maximum Gasteiger partial charge on any atom is 0.407 e. The first-order valence-corrected chi connectivity index (χ1v) is 21.6. The van der Waals surface area contributed by atoms with Crippen molar-refractivity contribution < 1.29 is 47.0 Å². The van der Waals surface area contributed by atoms with Gasteiger partial charge in [-0.3, -0.25) is 14.4 Å². The number of carbonyl (C=O) groups excluding carboxylic acids is 4. The number of nitrogens with one attached hydrogen (secondary N) is 4. The van der Waals surface area contributed by atoms with Gasteiger partial charge in [0.05, 0.1) is 43.5 Å². The minimum absolute atomic E-state index is 0.120. The number of hydrogen-bond acceptors (Lipinski definition) is 10. The Morgan fingerprint density at radius 2 is 1.51 bits per heavy atom. The Morgan fingerprint density at radius 1 is 0.825 bits per heavy atom. The van der Waals surface area contributed by atoms with E-state index in [4.69, 9.17) is 24.0 Å². The van der Waals surface area contributed by atoms with Crippen molar-refractivity contribution >= 4 is 40.5 Å². The summed E-state index contributed by atoms with van der Waals surface area (Å²) in [5.41, 5.74) is 5.94. The van der Waals surface area contributed by atoms with Gasteiger partial charge in [-0.05, 0) is 104 Å². The molecule has 4 amide bonds. The van der Waals surface area contributed by atoms with Crippen LogP contribution in [0.15, 0.2) is 54.6 Å². The number of H-pyrrole nitrogens is 1. The molecule has 3 heterocycles. The molecule has 2 aliphatic heterocycles. The molecule has 8 atom stereocenters. The molecule has 8 rings (SSSR count). The van der Waals surface area contributed by atoms with Gasteiger partial charge in [0.1, 0.15) is 23.9 Å². The molecule has 4 aliphatic rings. The molecule has 3 fully saturated rings. The number of likely N-dealkylation sites (tertiary alicyclic amines) is 2. The molecule has 0 radical (unpaired) electrons. The van der Waals surface area contributed by atoms with E-state index >= 15 is 8.78 Å². The van der Waals surface area contributed by atoms with Gasteiger partial charge in [-0.1, -0.05) is 37.1 Å². The second-order valence-corrected chi connectivity index (χ2v) is 17.0. The molecule has 17 heteroatoms. The molecular weight excluding hydrogens is 817 g/mol. The molecule has 0 bridgehead atoms. The highest BCUT2D eigenvalue weighted by atomic mass is 19.3. The maximum atomic E-state index is 16.6. The molecule has 336 valence electrons. The molecule has 1 unspecified atom stereocenters. The fourth-order valence-electron chi connectivity index (χ4n) is 10.0. The number of amides is 4. The zero-order chi connectivity index (χ0) is 44.7. The van der Waals surface area contributed by atoms with Crippen LogP contribution in [-0.4, -0.2) is 115 Å². The predicted molar refractivity (Wildman–Crippen MR) is 229 cm³/mol. The van der Waals surface area contributed by atoms with Gasteiger partial charge in [0.2, 0.25) is 17.7 Å². The van der Waals surface area contributed by atoms with Crippen molar-refractivity contribution in [1.29, 1.82) is 0 Å². The number of hydroxylamine groups is 1. The fourth-order valence-corrected chi connectivity index (χ4v) is 10.0. The summed E-state index contributed by atoms with van der Waals surface area (Å²) < 4.78 is 48.7. The summed E-state index contributed by atoms with van der Waals surface area (Å²) in [6.45, 7) is 3.91. The van der Waals surface area contributed by atoms with E-state index in [0.29, 0.717) is 53.0 Å². The van der Waals surface area contributed by atoms with E-state index < -0.39 is 48.3 Å². The van der Waals surface area contributed by atoms with Crippen molar-refractivity contribution in [3.8, 4) is 22.3 Å². The lowest BCUT2D eigenvalue weighted by atomic mass is 9.84. The minimum atomic E-state index is -3.37. The normalized spacial score (nSPS) is 23.0. The Balaban J connectivity index is 1.01. The molecule has 1 saturated carbocycles. The standard InChI is InChI=1S/C46H55F2N7O8/c1-24(60-3)39(52-45(59)62-5)43(57)54-19-9-12-37(54)41-50-34-18-14-27(21-35(34)51-41)26-13-16-30-31-17-15-29(23-33(31)46(47,48)32(30)20-26)49-42(56)38-22-28-10-7-8-11-36(28)55(38)44(58)40(53-63-6)25(2)61-4/h13-18,20-21,23-25,28,36-40,53H,7-12,19,22H2,1-6H3,(H,49,56)(H,50,51)(H,52,59)/t24-,25-,28+,36+,37+,38+,39+,40?/m1/s1. The van der Waals surface area contributed by atoms with E-state index in [9.17, 15) is 19.2 Å². The number of imidazole rings is 1. The molecule has 63 heavy (non-hydrogen) atoms. The molecule has 4 N–H and O–H groups in total. The summed E-state index contributed by atoms with van der Waals surface area (Å²) in [5, 5.41) is 5.48. The average molecular weight is 872 g/mol. The molecule has 2 saturated heterocycles. The van der Waals surface area contributed by atoms with E-state index in [1.54, 1.807) is 47.9 Å². The number of halogens is 2. The zero-order valence-electron chi connectivity index (χ0n) is 36.3. The lowest BCUT2D eigenvalue weighted by Gasteiger charge is -2.36. The Bertz CT molecular complexity index is 2390. The summed E-state index contributed by atoms with van der Waals surface area (Å²) >= 11 is 0. The van der Waals surface area contributed by atoms with Crippen molar-refractivity contribution in [3.63, 3.8) is 0 Å². The van der Waals surface area contributed by atoms with E-state index in [0.717, 1.165) is 37.6 Å². The van der Waals surface area contributed by atoms with Crippen LogP contribution in [0.25, 0.3) is 33.3 Å². The van der Waals surface area contributed by atoms with Crippen molar-refractivity contribution in [2.75, 3.05) is 40.3 Å². The summed E-state index contributed by atoms with van der Waals surface area (Å²) in [4.78, 5) is 70.7. The smallest absolute Gasteiger partial charge is 0.407 e. The third kappa shape index (κ3) is 8.15. The van der Waals surface area contributed by atoms with Crippen LogP contribution >= 0.6 is 0 Å². The number of carbonyl (C=O) groups is 4. The Kier molecular flexibility index (Phi) is 12.6. The second-order valence-electron chi connectivity index (χ2n) is 17.0. The van der Waals surface area contributed by atoms with Gasteiger partial charge in [-0.2, -0.15) is 14.3 Å². The third-order valence-electron chi connectivity index (χ3n) is 13.5. The van der Waals surface area contributed by atoms with Gasteiger partial charge in [0, 0.05) is 43.6 Å². The molecule has 15 nitrogen and oxygen atoms in total. The number of methoxy groups -OCH3 is 3. The molecule has 3 aromatic carbocycles. The summed E-state index contributed by atoms with van der Waals surface area (Å²) in [7, 11) is 5.62. The highest BCUT2D eigenvalue weighted by Gasteiger charge is 2.50. The predicted octanol–water partition coefficient (Wildman–Crippen LogP) is 6.43. The number of aromatic nitrogens is 2. The van der Waals surface area contributed by atoms with Gasteiger partial charge in [0.15, 0.2) is 0 Å². The summed E-state index contributed by atoms with van der Waals surface area (Å²) in [6.07, 6.45) is 3.60. The number of benzene rings is 3. The van der Waals surface area contributed by atoms with Crippen LogP contribution in [0.5, 0.6) is 0 Å². The number of nitrogens with zero attached hydrogens (tertiary/aromatic N) is 3. The summed E-state index contributed by atoms with van der Waals surface area (Å²) in [5.74, 6) is -3.69. The van der Waals surface area contributed by atoms with E-state index in [1.807, 2.05) is 18.2 Å². The van der Waals surface area contributed by atoms with E-state index in [-0.39, 0.29) is 46.6 Å². The number of alkyl halides is 2. The average Bonchev–Trinajstić information content (AvgIpc) is 4.09. The van der Waals surface area contributed by atoms with Gasteiger partial charge < -0.3 is 44.5 Å². The highest BCUT2D eigenvalue weighted by Crippen LogP contribution is 2.53. The number of alkyl carbamates (subject to hydrolysis) is 1. The number of hydrogen-bond donors (Lipinski definition) is 4. The minimum Gasteiger partial charge on any atom is -0.453 e. The largest absolute Gasteiger partial charge is 0.453 e. The second kappa shape index (κ2) is 17.9. The van der Waals surface area contributed by atoms with Gasteiger partial charge >= 0.3 is 6.09 Å². The quantitative estimate of drug-likeness (QED) is 0.110. The number of fused-ring (bicyclic) bond motifs is 5. The highest BCUT2D eigenvalue weighted by molar-refractivity contribution is 5.99. The number of ether oxygens (including phenoxy) is 3. The van der Waals surface area contributed by atoms with Crippen molar-refractivity contribution in [3.05, 3.63) is 71.5 Å². The SMILES string of the molecule is CONC(C(=O)N1[C@H](C(=O)Nc2ccc3c(c2)C(F)(F)c2cc(-c4ccc5[nH]c([C@@H]6CCCN6C(=O)[C@@H](NC(=O)OC)[C@@H](C)OC)nc5c4)ccc2-3)C[C@@H]2CCCC[C@@H]21)[C@@H](C)OC. The zero-order valence-corrected chi connectivity index (χ0v) is 36.3. The third-order valence-corrected chi connectivity index (χ3v) is 13.5. The Morgan fingerprint density at radius 3 is 2.24 bits per heavy atom. The Hall–Kier alpha value is -5.49. The maximum absolute atomic E-state index is 16.6. The van der Waals surface area contributed by atoms with Gasteiger partial charge in [-0.25, -0.2) is 9.78 Å². The number of aromatic amines is 1. The van der Waals surface area contributed by atoms with E-state index in [1.165, 1.54) is 40.6 Å². The van der Waals surface area contributed by atoms with Crippen LogP contribution in [0, 0.1) is 5.92 Å². The first-order chi connectivity index (χ1) is 30.3. The van der Waals surface area contributed by atoms with Gasteiger partial charge in [0.25, 0.3) is 5.92 Å². The molecule has 1 aromatic heterocycles. The Labute approximate surface area is 364 Å². The molecule has 0 spiro atoms. The van der Waals surface area contributed by atoms with E-state index in [2.05, 4.69) is 21.1 Å². The molecular formula is C46H55F2N7O8. The van der Waals surface area contributed by atoms with Crippen LogP contribution in [-0.2, 0) is 39.4 Å². The topological polar surface area (TPSA) is 176 Å². The van der Waals surface area contributed by atoms with Crippen LogP contribution < -0.4 is 16.1 Å². The molecule has 4 aromatic rings. The monoisotopic (exact) mass is 871 g/mol. The lowest BCUT2D eigenvalue weighted by Crippen LogP contribution is -2.57. The summed E-state index contributed by atoms with van der Waals surface area (Å²) in [6, 6.07) is 12.0. The lowest BCUT2D eigenvalue weighted by molar-refractivity contribution is -0.148.